The second-order valence-corrected chi connectivity index (χ2v) is 1.10. The van der Waals surface area contributed by atoms with E-state index in [1.807, 2.05) is 0 Å². The van der Waals surface area contributed by atoms with Crippen molar-refractivity contribution in [3.05, 3.63) is 0 Å². The maximum absolute atomic E-state index is 4.69. The minimum absolute atomic E-state index is 0.0417. The summed E-state index contributed by atoms with van der Waals surface area (Å²) in [7, 11) is 0. The topological polar surface area (TPSA) is 30.5 Å². The second kappa shape index (κ2) is 0.408. The molecule has 3 fully saturated rings. The van der Waals surface area contributed by atoms with Crippen molar-refractivity contribution in [1.82, 2.24) is 5.32 Å². The average molecular weight is 73.1 g/mol. The molecular formula is C2H3NO2. The average Bonchev–Trinajstić information content (AvgIpc) is 0.592. The Morgan fingerprint density at radius 3 is 1.40 bits per heavy atom. The molecule has 3 rings (SSSR count). The van der Waals surface area contributed by atoms with Crippen LogP contribution in [0, 0.1) is 0 Å². The number of ether oxygens (including phenoxy) is 2. The Labute approximate surface area is 28.9 Å². The lowest BCUT2D eigenvalue weighted by Gasteiger charge is -2.48. The van der Waals surface area contributed by atoms with Gasteiger partial charge < -0.3 is 0 Å². The summed E-state index contributed by atoms with van der Waals surface area (Å²) in [5, 5.41) is 2.86. The molecule has 3 heterocycles. The van der Waals surface area contributed by atoms with Crippen LogP contribution in [0.4, 0.5) is 0 Å². The maximum atomic E-state index is 4.69. The van der Waals surface area contributed by atoms with E-state index in [4.69, 9.17) is 9.47 Å². The van der Waals surface area contributed by atoms with E-state index < -0.39 is 0 Å². The number of rotatable bonds is 0. The minimum Gasteiger partial charge on any atom is -0.296 e. The first-order chi connectivity index (χ1) is 2.45. The van der Waals surface area contributed by atoms with Gasteiger partial charge in [0.25, 0.3) is 0 Å². The van der Waals surface area contributed by atoms with Crippen molar-refractivity contribution in [3.63, 3.8) is 0 Å². The standard InChI is InChI=1S/C2H3NO2/c3-1-4-2(3)5-1/h1-3H. The predicted octanol–water partition coefficient (Wildman–Crippen LogP) is -0.796. The zero-order chi connectivity index (χ0) is 3.28. The molecule has 0 atom stereocenters. The number of nitrogens with one attached hydrogen (secondary N) is 1. The molecule has 0 aliphatic carbocycles. The van der Waals surface area contributed by atoms with Crippen molar-refractivity contribution in [2.75, 3.05) is 0 Å². The Morgan fingerprint density at radius 2 is 1.40 bits per heavy atom. The highest BCUT2D eigenvalue weighted by molar-refractivity contribution is 4.66. The van der Waals surface area contributed by atoms with Gasteiger partial charge in [0.15, 0.2) is 0 Å². The third-order valence-corrected chi connectivity index (χ3v) is 0.767. The third-order valence-electron chi connectivity index (χ3n) is 0.767. The zero-order valence-electron chi connectivity index (χ0n) is 2.47. The Hall–Kier alpha value is -0.120. The van der Waals surface area contributed by atoms with Gasteiger partial charge in [0, 0.05) is 0 Å². The van der Waals surface area contributed by atoms with Crippen LogP contribution in [0.5, 0.6) is 0 Å². The highest BCUT2D eigenvalue weighted by Gasteiger charge is 2.44. The molecule has 0 aromatic heterocycles. The monoisotopic (exact) mass is 73.0 g/mol. The molecule has 28 valence electrons. The summed E-state index contributed by atoms with van der Waals surface area (Å²) < 4.78 is 9.39. The van der Waals surface area contributed by atoms with Crippen LogP contribution in [0.3, 0.4) is 0 Å². The van der Waals surface area contributed by atoms with Gasteiger partial charge in [-0.15, -0.1) is 0 Å². The number of hydrogen-bond acceptors (Lipinski definition) is 3. The molecule has 3 heteroatoms. The van der Waals surface area contributed by atoms with Gasteiger partial charge in [-0.3, -0.25) is 9.47 Å². The van der Waals surface area contributed by atoms with Crippen molar-refractivity contribution >= 4 is 0 Å². The molecule has 3 nitrogen and oxygen atoms in total. The molecule has 0 amide bonds. The van der Waals surface area contributed by atoms with Gasteiger partial charge in [-0.05, 0) is 0 Å². The van der Waals surface area contributed by atoms with Crippen LogP contribution in [-0.4, -0.2) is 12.8 Å². The van der Waals surface area contributed by atoms with E-state index in [-0.39, 0.29) is 12.8 Å². The predicted molar refractivity (Wildman–Crippen MR) is 12.9 cm³/mol. The van der Waals surface area contributed by atoms with Gasteiger partial charge in [-0.2, -0.15) is 0 Å². The SMILES string of the molecule is N1C2OC1O2. The smallest absolute Gasteiger partial charge is 0.227 e. The minimum atomic E-state index is -0.0417. The summed E-state index contributed by atoms with van der Waals surface area (Å²) in [5.74, 6) is 0. The summed E-state index contributed by atoms with van der Waals surface area (Å²) in [6.45, 7) is 0. The molecule has 0 aromatic carbocycles. The van der Waals surface area contributed by atoms with E-state index in [1.54, 1.807) is 0 Å². The van der Waals surface area contributed by atoms with Crippen molar-refractivity contribution in [2.24, 2.45) is 0 Å². The Morgan fingerprint density at radius 1 is 1.20 bits per heavy atom. The Balaban J connectivity index is 2.19. The van der Waals surface area contributed by atoms with E-state index in [1.165, 1.54) is 0 Å². The van der Waals surface area contributed by atoms with Crippen molar-refractivity contribution in [1.29, 1.82) is 0 Å². The molecule has 3 aliphatic rings. The first kappa shape index (κ1) is 2.12. The molecule has 5 heavy (non-hydrogen) atoms. The number of hydrogen-bond donors (Lipinski definition) is 1. The van der Waals surface area contributed by atoms with Crippen LogP contribution < -0.4 is 5.32 Å². The maximum Gasteiger partial charge on any atom is 0.227 e. The normalized spacial score (nSPS) is 57.6. The lowest BCUT2D eigenvalue weighted by molar-refractivity contribution is -0.513. The van der Waals surface area contributed by atoms with E-state index in [0.29, 0.717) is 0 Å². The van der Waals surface area contributed by atoms with Gasteiger partial charge in [-0.25, -0.2) is 5.32 Å². The largest absolute Gasteiger partial charge is 0.296 e. The summed E-state index contributed by atoms with van der Waals surface area (Å²) in [6.07, 6.45) is -0.0833. The summed E-state index contributed by atoms with van der Waals surface area (Å²) >= 11 is 0. The van der Waals surface area contributed by atoms with Crippen molar-refractivity contribution < 1.29 is 9.47 Å². The van der Waals surface area contributed by atoms with Crippen LogP contribution in [0.1, 0.15) is 0 Å². The van der Waals surface area contributed by atoms with E-state index >= 15 is 0 Å². The van der Waals surface area contributed by atoms with Crippen LogP contribution in [-0.2, 0) is 9.47 Å². The molecular weight excluding hydrogens is 70.0 g/mol. The first-order valence-corrected chi connectivity index (χ1v) is 1.52. The lowest BCUT2D eigenvalue weighted by Crippen LogP contribution is -2.71. The van der Waals surface area contributed by atoms with Crippen LogP contribution in [0.25, 0.3) is 0 Å². The Bertz CT molecular complexity index is 44.4. The van der Waals surface area contributed by atoms with Gasteiger partial charge >= 0.3 is 0 Å². The molecule has 0 radical (unpaired) electrons. The second-order valence-electron chi connectivity index (χ2n) is 1.10. The van der Waals surface area contributed by atoms with E-state index in [2.05, 4.69) is 5.32 Å². The highest BCUT2D eigenvalue weighted by atomic mass is 16.9. The molecule has 3 aliphatic heterocycles. The quantitative estimate of drug-likeness (QED) is 0.407. The van der Waals surface area contributed by atoms with Gasteiger partial charge in [0.1, 0.15) is 0 Å². The van der Waals surface area contributed by atoms with Crippen LogP contribution in [0.15, 0.2) is 0 Å². The third kappa shape index (κ3) is 0.0972. The van der Waals surface area contributed by atoms with Crippen molar-refractivity contribution in [3.8, 4) is 0 Å². The fourth-order valence-corrected chi connectivity index (χ4v) is 0.358. The zero-order valence-corrected chi connectivity index (χ0v) is 2.47. The first-order valence-electron chi connectivity index (χ1n) is 1.52. The van der Waals surface area contributed by atoms with Gasteiger partial charge in [0.2, 0.25) is 12.8 Å². The van der Waals surface area contributed by atoms with Crippen LogP contribution in [0.2, 0.25) is 0 Å². The van der Waals surface area contributed by atoms with Crippen LogP contribution >= 0.6 is 0 Å². The molecule has 1 N–H and O–H groups in total. The van der Waals surface area contributed by atoms with Gasteiger partial charge in [0.05, 0.1) is 0 Å². The summed E-state index contributed by atoms with van der Waals surface area (Å²) in [4.78, 5) is 0. The van der Waals surface area contributed by atoms with E-state index in [0.717, 1.165) is 0 Å². The molecule has 0 aromatic rings. The molecule has 0 unspecified atom stereocenters. The van der Waals surface area contributed by atoms with E-state index in [9.17, 15) is 0 Å². The molecule has 2 bridgehead atoms. The Kier molecular flexibility index (Phi) is 0.173. The van der Waals surface area contributed by atoms with Gasteiger partial charge in [-0.1, -0.05) is 0 Å². The molecule has 0 spiro atoms. The molecule has 3 saturated heterocycles. The lowest BCUT2D eigenvalue weighted by atomic mass is 10.7. The fourth-order valence-electron chi connectivity index (χ4n) is 0.358. The molecule has 0 saturated carbocycles. The fraction of sp³-hybridized carbons (Fsp3) is 1.00. The summed E-state index contributed by atoms with van der Waals surface area (Å²) in [5.41, 5.74) is 0. The highest BCUT2D eigenvalue weighted by Crippen LogP contribution is 2.22. The summed E-state index contributed by atoms with van der Waals surface area (Å²) in [6, 6.07) is 0. The van der Waals surface area contributed by atoms with Crippen molar-refractivity contribution in [2.45, 2.75) is 12.8 Å².